The summed E-state index contributed by atoms with van der Waals surface area (Å²) < 4.78 is 5.72. The van der Waals surface area contributed by atoms with Crippen LogP contribution in [0.2, 0.25) is 0 Å². The number of benzene rings is 1. The molecule has 0 unspecified atom stereocenters. The number of para-hydroxylation sites is 1. The number of nitrogens with zero attached hydrogens (tertiary/aromatic N) is 3. The predicted octanol–water partition coefficient (Wildman–Crippen LogP) is 0.926. The second kappa shape index (κ2) is 9.15. The van der Waals surface area contributed by atoms with Gasteiger partial charge in [-0.05, 0) is 18.2 Å². The van der Waals surface area contributed by atoms with E-state index in [2.05, 4.69) is 15.1 Å². The Morgan fingerprint density at radius 2 is 1.85 bits per heavy atom. The molecule has 1 aromatic heterocycles. The fourth-order valence-electron chi connectivity index (χ4n) is 2.94. The van der Waals surface area contributed by atoms with Crippen molar-refractivity contribution in [1.82, 2.24) is 20.0 Å². The van der Waals surface area contributed by atoms with Crippen molar-refractivity contribution in [1.29, 1.82) is 0 Å². The number of hydrogen-bond acceptors (Lipinski definition) is 5. The van der Waals surface area contributed by atoms with Gasteiger partial charge in [0, 0.05) is 51.6 Å². The van der Waals surface area contributed by atoms with Crippen molar-refractivity contribution in [2.24, 2.45) is 0 Å². The van der Waals surface area contributed by atoms with E-state index in [1.54, 1.807) is 6.07 Å². The molecule has 1 fully saturated rings. The number of ether oxygens (including phenoxy) is 1. The van der Waals surface area contributed by atoms with Crippen molar-refractivity contribution in [3.63, 3.8) is 0 Å². The summed E-state index contributed by atoms with van der Waals surface area (Å²) in [6, 6.07) is 12.9. The lowest BCUT2D eigenvalue weighted by Crippen LogP contribution is -2.49. The number of aromatic nitrogens is 2. The second-order valence-corrected chi connectivity index (χ2v) is 6.30. The summed E-state index contributed by atoms with van der Waals surface area (Å²) in [5.41, 5.74) is 0.502. The van der Waals surface area contributed by atoms with Crippen LogP contribution in [0.1, 0.15) is 12.1 Å². The maximum atomic E-state index is 12.3. The first-order chi connectivity index (χ1) is 12.7. The molecule has 7 heteroatoms. The monoisotopic (exact) mass is 356 g/mol. The molecule has 0 spiro atoms. The quantitative estimate of drug-likeness (QED) is 0.798. The summed E-state index contributed by atoms with van der Waals surface area (Å²) in [6.45, 7) is 4.71. The van der Waals surface area contributed by atoms with Gasteiger partial charge in [-0.15, -0.1) is 0 Å². The largest absolute Gasteiger partial charge is 0.492 e. The van der Waals surface area contributed by atoms with Crippen molar-refractivity contribution in [2.75, 3.05) is 39.3 Å². The molecule has 1 aromatic carbocycles. The van der Waals surface area contributed by atoms with Crippen LogP contribution in [0.25, 0.3) is 0 Å². The van der Waals surface area contributed by atoms with Gasteiger partial charge in [-0.25, -0.2) is 5.10 Å². The highest BCUT2D eigenvalue weighted by Crippen LogP contribution is 2.09. The van der Waals surface area contributed by atoms with Gasteiger partial charge >= 0.3 is 0 Å². The van der Waals surface area contributed by atoms with E-state index in [0.29, 0.717) is 19.4 Å². The van der Waals surface area contributed by atoms with Crippen LogP contribution in [-0.4, -0.2) is 65.2 Å². The van der Waals surface area contributed by atoms with Crippen molar-refractivity contribution in [2.45, 2.75) is 12.8 Å². The van der Waals surface area contributed by atoms with E-state index in [0.717, 1.165) is 44.2 Å². The molecule has 1 saturated heterocycles. The van der Waals surface area contributed by atoms with E-state index in [4.69, 9.17) is 4.74 Å². The van der Waals surface area contributed by atoms with Crippen molar-refractivity contribution in [3.05, 3.63) is 58.5 Å². The lowest BCUT2D eigenvalue weighted by Gasteiger charge is -2.34. The van der Waals surface area contributed by atoms with Crippen LogP contribution in [0.3, 0.4) is 0 Å². The fraction of sp³-hybridized carbons (Fsp3) is 0.421. The number of H-pyrrole nitrogens is 1. The Morgan fingerprint density at radius 3 is 2.54 bits per heavy atom. The van der Waals surface area contributed by atoms with Gasteiger partial charge in [0.1, 0.15) is 12.4 Å². The molecular formula is C19H24N4O3. The molecule has 3 rings (SSSR count). The normalized spacial score (nSPS) is 15.0. The molecule has 1 amide bonds. The number of aryl methyl sites for hydroxylation is 1. The molecule has 7 nitrogen and oxygen atoms in total. The Hall–Kier alpha value is -2.67. The molecule has 0 saturated carbocycles. The minimum absolute atomic E-state index is 0.137. The van der Waals surface area contributed by atoms with E-state index in [9.17, 15) is 9.59 Å². The smallest absolute Gasteiger partial charge is 0.264 e. The predicted molar refractivity (Wildman–Crippen MR) is 98.1 cm³/mol. The molecule has 0 radical (unpaired) electrons. The van der Waals surface area contributed by atoms with E-state index in [1.165, 1.54) is 6.07 Å². The van der Waals surface area contributed by atoms with Gasteiger partial charge in [0.2, 0.25) is 5.91 Å². The Balaban J connectivity index is 1.34. The van der Waals surface area contributed by atoms with Crippen molar-refractivity contribution < 1.29 is 9.53 Å². The zero-order valence-electron chi connectivity index (χ0n) is 14.8. The first-order valence-corrected chi connectivity index (χ1v) is 8.93. The molecule has 0 atom stereocenters. The van der Waals surface area contributed by atoms with Crippen LogP contribution >= 0.6 is 0 Å². The zero-order chi connectivity index (χ0) is 18.2. The maximum Gasteiger partial charge on any atom is 0.264 e. The van der Waals surface area contributed by atoms with E-state index >= 15 is 0 Å². The topological polar surface area (TPSA) is 78.5 Å². The highest BCUT2D eigenvalue weighted by atomic mass is 16.5. The summed E-state index contributed by atoms with van der Waals surface area (Å²) >= 11 is 0. The third-order valence-corrected chi connectivity index (χ3v) is 4.48. The molecule has 1 N–H and O–H groups in total. The lowest BCUT2D eigenvalue weighted by molar-refractivity contribution is -0.132. The summed E-state index contributed by atoms with van der Waals surface area (Å²) in [6.07, 6.45) is 0.955. The first-order valence-electron chi connectivity index (χ1n) is 8.93. The molecule has 1 aliphatic heterocycles. The van der Waals surface area contributed by atoms with E-state index in [1.807, 2.05) is 35.2 Å². The Kier molecular flexibility index (Phi) is 6.38. The molecule has 0 bridgehead atoms. The summed E-state index contributed by atoms with van der Waals surface area (Å²) in [7, 11) is 0. The van der Waals surface area contributed by atoms with Crippen LogP contribution in [0.15, 0.2) is 47.3 Å². The average Bonchev–Trinajstić information content (AvgIpc) is 2.69. The summed E-state index contributed by atoms with van der Waals surface area (Å²) in [4.78, 5) is 27.5. The van der Waals surface area contributed by atoms with Crippen LogP contribution < -0.4 is 10.3 Å². The van der Waals surface area contributed by atoms with Gasteiger partial charge < -0.3 is 9.64 Å². The standard InChI is InChI=1S/C19H24N4O3/c24-18-8-6-16(20-21-18)7-9-19(25)23-12-10-22(11-13-23)14-15-26-17-4-2-1-3-5-17/h1-6,8H,7,9-15H2,(H,21,24). The number of hydrogen-bond donors (Lipinski definition) is 1. The molecule has 2 heterocycles. The number of aromatic amines is 1. The van der Waals surface area contributed by atoms with Gasteiger partial charge in [0.05, 0.1) is 5.69 Å². The zero-order valence-corrected chi connectivity index (χ0v) is 14.8. The number of piperazine rings is 1. The lowest BCUT2D eigenvalue weighted by atomic mass is 10.2. The number of amides is 1. The Morgan fingerprint density at radius 1 is 1.08 bits per heavy atom. The molecule has 2 aromatic rings. The summed E-state index contributed by atoms with van der Waals surface area (Å²) in [5.74, 6) is 1.02. The molecule has 0 aliphatic carbocycles. The summed E-state index contributed by atoms with van der Waals surface area (Å²) in [5, 5.41) is 6.33. The van der Waals surface area contributed by atoms with Gasteiger partial charge in [0.15, 0.2) is 0 Å². The fourth-order valence-corrected chi connectivity index (χ4v) is 2.94. The Labute approximate surface area is 152 Å². The number of nitrogens with one attached hydrogen (secondary N) is 1. The van der Waals surface area contributed by atoms with E-state index in [-0.39, 0.29) is 11.5 Å². The minimum Gasteiger partial charge on any atom is -0.492 e. The van der Waals surface area contributed by atoms with Crippen molar-refractivity contribution in [3.8, 4) is 5.75 Å². The van der Waals surface area contributed by atoms with Crippen LogP contribution in [0.4, 0.5) is 0 Å². The minimum atomic E-state index is -0.229. The van der Waals surface area contributed by atoms with E-state index < -0.39 is 0 Å². The van der Waals surface area contributed by atoms with Gasteiger partial charge in [-0.3, -0.25) is 14.5 Å². The van der Waals surface area contributed by atoms with Gasteiger partial charge in [-0.2, -0.15) is 5.10 Å². The highest BCUT2D eigenvalue weighted by Gasteiger charge is 2.20. The number of rotatable bonds is 7. The Bertz CT molecular complexity index is 734. The number of carbonyl (C=O) groups is 1. The van der Waals surface area contributed by atoms with Gasteiger partial charge in [0.25, 0.3) is 5.56 Å². The van der Waals surface area contributed by atoms with Crippen LogP contribution in [0.5, 0.6) is 5.75 Å². The molecule has 26 heavy (non-hydrogen) atoms. The molecule has 1 aliphatic rings. The first kappa shape index (κ1) is 18.1. The average molecular weight is 356 g/mol. The SMILES string of the molecule is O=C(CCc1ccc(=O)[nH]n1)N1CCN(CCOc2ccccc2)CC1. The van der Waals surface area contributed by atoms with Crippen LogP contribution in [0, 0.1) is 0 Å². The number of carbonyl (C=O) groups excluding carboxylic acids is 1. The van der Waals surface area contributed by atoms with Crippen LogP contribution in [-0.2, 0) is 11.2 Å². The van der Waals surface area contributed by atoms with Crippen molar-refractivity contribution >= 4 is 5.91 Å². The third-order valence-electron chi connectivity index (χ3n) is 4.48. The maximum absolute atomic E-state index is 12.3. The molecular weight excluding hydrogens is 332 g/mol. The van der Waals surface area contributed by atoms with Gasteiger partial charge in [-0.1, -0.05) is 18.2 Å². The molecule has 138 valence electrons. The second-order valence-electron chi connectivity index (χ2n) is 6.30. The third kappa shape index (κ3) is 5.42. The highest BCUT2D eigenvalue weighted by molar-refractivity contribution is 5.76.